The standard InChI is InChI=1S/C11H7BrFN3S2/c12-7-1-9-10(2-8(7)13)16(11(17)15-9)3-6-4-18-5-14-6/h1-2,4-5H,3H2,(H,15,17). The molecule has 0 saturated heterocycles. The Kier molecular flexibility index (Phi) is 3.04. The maximum Gasteiger partial charge on any atom is 0.178 e. The van der Waals surface area contributed by atoms with Gasteiger partial charge in [-0.3, -0.25) is 0 Å². The van der Waals surface area contributed by atoms with Gasteiger partial charge in [0.1, 0.15) is 5.82 Å². The van der Waals surface area contributed by atoms with Crippen molar-refractivity contribution in [3.8, 4) is 0 Å². The van der Waals surface area contributed by atoms with E-state index in [1.165, 1.54) is 17.4 Å². The molecule has 7 heteroatoms. The molecule has 3 rings (SSSR count). The highest BCUT2D eigenvalue weighted by Gasteiger charge is 2.09. The van der Waals surface area contributed by atoms with Gasteiger partial charge < -0.3 is 9.55 Å². The number of thiazole rings is 1. The number of fused-ring (bicyclic) bond motifs is 1. The molecule has 0 radical (unpaired) electrons. The summed E-state index contributed by atoms with van der Waals surface area (Å²) in [6, 6.07) is 3.16. The summed E-state index contributed by atoms with van der Waals surface area (Å²) in [6.07, 6.45) is 0. The molecule has 0 aliphatic carbocycles. The number of nitrogens with one attached hydrogen (secondary N) is 1. The SMILES string of the molecule is Fc1cc2c(cc1Br)[nH]c(=S)n2Cc1cscn1. The van der Waals surface area contributed by atoms with Crippen molar-refractivity contribution in [2.24, 2.45) is 0 Å². The molecule has 0 aliphatic rings. The van der Waals surface area contributed by atoms with Crippen LogP contribution in [-0.4, -0.2) is 14.5 Å². The van der Waals surface area contributed by atoms with Crippen LogP contribution in [0.3, 0.4) is 0 Å². The zero-order valence-electron chi connectivity index (χ0n) is 8.98. The molecule has 1 aromatic carbocycles. The molecule has 0 bridgehead atoms. The van der Waals surface area contributed by atoms with E-state index < -0.39 is 0 Å². The zero-order valence-corrected chi connectivity index (χ0v) is 12.2. The first-order valence-electron chi connectivity index (χ1n) is 5.10. The average molecular weight is 344 g/mol. The largest absolute Gasteiger partial charge is 0.331 e. The van der Waals surface area contributed by atoms with Crippen molar-refractivity contribution < 1.29 is 4.39 Å². The highest BCUT2D eigenvalue weighted by molar-refractivity contribution is 9.10. The molecule has 0 saturated carbocycles. The Morgan fingerprint density at radius 2 is 2.33 bits per heavy atom. The lowest BCUT2D eigenvalue weighted by Gasteiger charge is -2.02. The number of nitrogens with zero attached hydrogens (tertiary/aromatic N) is 2. The van der Waals surface area contributed by atoms with Gasteiger partial charge in [0.25, 0.3) is 0 Å². The third-order valence-electron chi connectivity index (χ3n) is 2.62. The van der Waals surface area contributed by atoms with E-state index in [-0.39, 0.29) is 5.82 Å². The summed E-state index contributed by atoms with van der Waals surface area (Å²) >= 11 is 9.95. The quantitative estimate of drug-likeness (QED) is 0.710. The smallest absolute Gasteiger partial charge is 0.178 e. The molecule has 1 N–H and O–H groups in total. The van der Waals surface area contributed by atoms with E-state index in [9.17, 15) is 4.39 Å². The highest BCUT2D eigenvalue weighted by Crippen LogP contribution is 2.23. The van der Waals surface area contributed by atoms with Gasteiger partial charge in [-0.1, -0.05) is 0 Å². The molecular formula is C11H7BrFN3S2. The average Bonchev–Trinajstić information content (AvgIpc) is 2.92. The predicted octanol–water partition coefficient (Wildman–Crippen LogP) is 4.11. The lowest BCUT2D eigenvalue weighted by Crippen LogP contribution is -2.00. The first kappa shape index (κ1) is 12.0. The van der Waals surface area contributed by atoms with Gasteiger partial charge >= 0.3 is 0 Å². The van der Waals surface area contributed by atoms with Crippen LogP contribution in [0.1, 0.15) is 5.69 Å². The van der Waals surface area contributed by atoms with E-state index in [2.05, 4.69) is 25.9 Å². The molecule has 0 aliphatic heterocycles. The molecule has 0 spiro atoms. The Bertz CT molecular complexity index is 761. The fourth-order valence-corrected chi connectivity index (χ4v) is 2.95. The molecule has 2 heterocycles. The number of imidazole rings is 1. The molecule has 0 fully saturated rings. The van der Waals surface area contributed by atoms with Crippen LogP contribution in [0.5, 0.6) is 0 Å². The molecule has 92 valence electrons. The first-order chi connectivity index (χ1) is 8.65. The summed E-state index contributed by atoms with van der Waals surface area (Å²) < 4.78 is 16.4. The predicted molar refractivity (Wildman–Crippen MR) is 76.0 cm³/mol. The second kappa shape index (κ2) is 4.56. The summed E-state index contributed by atoms with van der Waals surface area (Å²) in [5.74, 6) is -0.302. The molecule has 18 heavy (non-hydrogen) atoms. The number of halogens is 2. The Balaban J connectivity index is 2.19. The summed E-state index contributed by atoms with van der Waals surface area (Å²) in [7, 11) is 0. The van der Waals surface area contributed by atoms with Crippen LogP contribution >= 0.6 is 39.5 Å². The maximum atomic E-state index is 13.6. The molecule has 0 amide bonds. The number of aromatic amines is 1. The number of rotatable bonds is 2. The topological polar surface area (TPSA) is 33.6 Å². The monoisotopic (exact) mass is 343 g/mol. The van der Waals surface area contributed by atoms with Crippen molar-refractivity contribution in [1.29, 1.82) is 0 Å². The Hall–Kier alpha value is -1.05. The van der Waals surface area contributed by atoms with Crippen molar-refractivity contribution in [3.05, 3.63) is 43.8 Å². The minimum absolute atomic E-state index is 0.302. The van der Waals surface area contributed by atoms with Gasteiger partial charge in [-0.2, -0.15) is 0 Å². The van der Waals surface area contributed by atoms with E-state index in [0.717, 1.165) is 16.7 Å². The Morgan fingerprint density at radius 1 is 1.50 bits per heavy atom. The fourth-order valence-electron chi connectivity index (χ4n) is 1.79. The van der Waals surface area contributed by atoms with Gasteiger partial charge in [0.05, 0.1) is 33.3 Å². The lowest BCUT2D eigenvalue weighted by molar-refractivity contribution is 0.621. The zero-order chi connectivity index (χ0) is 12.7. The number of benzene rings is 1. The number of aromatic nitrogens is 3. The fraction of sp³-hybridized carbons (Fsp3) is 0.0909. The second-order valence-corrected chi connectivity index (χ2v) is 5.74. The van der Waals surface area contributed by atoms with Gasteiger partial charge in [-0.25, -0.2) is 9.37 Å². The maximum absolute atomic E-state index is 13.6. The molecular weight excluding hydrogens is 337 g/mol. The molecule has 3 nitrogen and oxygen atoms in total. The van der Waals surface area contributed by atoms with Crippen LogP contribution in [0.2, 0.25) is 0 Å². The van der Waals surface area contributed by atoms with Crippen molar-refractivity contribution in [2.75, 3.05) is 0 Å². The van der Waals surface area contributed by atoms with E-state index in [0.29, 0.717) is 15.8 Å². The first-order valence-corrected chi connectivity index (χ1v) is 7.24. The van der Waals surface area contributed by atoms with Crippen LogP contribution in [0.25, 0.3) is 11.0 Å². The Morgan fingerprint density at radius 3 is 3.06 bits per heavy atom. The highest BCUT2D eigenvalue weighted by atomic mass is 79.9. The van der Waals surface area contributed by atoms with Crippen molar-refractivity contribution >= 4 is 50.5 Å². The van der Waals surface area contributed by atoms with E-state index >= 15 is 0 Å². The second-order valence-electron chi connectivity index (χ2n) is 3.78. The molecule has 2 aromatic heterocycles. The lowest BCUT2D eigenvalue weighted by atomic mass is 10.3. The number of H-pyrrole nitrogens is 1. The molecule has 0 unspecified atom stereocenters. The van der Waals surface area contributed by atoms with Gasteiger partial charge in [0.2, 0.25) is 0 Å². The molecule has 3 aromatic rings. The van der Waals surface area contributed by atoms with Crippen LogP contribution in [0, 0.1) is 10.6 Å². The summed E-state index contributed by atoms with van der Waals surface area (Å²) in [6.45, 7) is 0.545. The summed E-state index contributed by atoms with van der Waals surface area (Å²) in [5, 5.41) is 1.95. The third-order valence-corrected chi connectivity index (χ3v) is 4.19. The minimum atomic E-state index is -0.302. The van der Waals surface area contributed by atoms with Crippen molar-refractivity contribution in [2.45, 2.75) is 6.54 Å². The van der Waals surface area contributed by atoms with Crippen molar-refractivity contribution in [1.82, 2.24) is 14.5 Å². The van der Waals surface area contributed by atoms with Gasteiger partial charge in [-0.05, 0) is 34.2 Å². The molecule has 0 atom stereocenters. The van der Waals surface area contributed by atoms with E-state index in [4.69, 9.17) is 12.2 Å². The van der Waals surface area contributed by atoms with E-state index in [1.54, 1.807) is 11.6 Å². The Labute approximate surface area is 119 Å². The van der Waals surface area contributed by atoms with Crippen LogP contribution in [0.15, 0.2) is 27.5 Å². The van der Waals surface area contributed by atoms with Crippen molar-refractivity contribution in [3.63, 3.8) is 0 Å². The number of hydrogen-bond acceptors (Lipinski definition) is 3. The van der Waals surface area contributed by atoms with Crippen LogP contribution in [0.4, 0.5) is 4.39 Å². The van der Waals surface area contributed by atoms with E-state index in [1.807, 2.05) is 9.95 Å². The van der Waals surface area contributed by atoms with Crippen LogP contribution < -0.4 is 0 Å². The summed E-state index contributed by atoms with van der Waals surface area (Å²) in [5.41, 5.74) is 4.24. The van der Waals surface area contributed by atoms with Gasteiger partial charge in [-0.15, -0.1) is 11.3 Å². The minimum Gasteiger partial charge on any atom is -0.331 e. The van der Waals surface area contributed by atoms with Gasteiger partial charge in [0.15, 0.2) is 4.77 Å². The normalized spacial score (nSPS) is 11.2. The third kappa shape index (κ3) is 2.02. The number of hydrogen-bond donors (Lipinski definition) is 1. The summed E-state index contributed by atoms with van der Waals surface area (Å²) in [4.78, 5) is 7.28. The van der Waals surface area contributed by atoms with Gasteiger partial charge in [0, 0.05) is 11.4 Å². The van der Waals surface area contributed by atoms with Crippen LogP contribution in [-0.2, 0) is 6.54 Å².